The van der Waals surface area contributed by atoms with Crippen LogP contribution in [0.4, 0.5) is 0 Å². The average Bonchev–Trinajstić information content (AvgIpc) is 2.64. The molecule has 4 heteroatoms. The zero-order chi connectivity index (χ0) is 10.7. The largest absolute Gasteiger partial charge is 0.381 e. The van der Waals surface area contributed by atoms with Crippen molar-refractivity contribution in [3.63, 3.8) is 0 Å². The number of rotatable bonds is 5. The number of methoxy groups -OCH3 is 1. The average molecular weight is 226 g/mol. The maximum absolute atomic E-state index is 5.24. The van der Waals surface area contributed by atoms with Crippen molar-refractivity contribution in [3.8, 4) is 0 Å². The zero-order valence-corrected chi connectivity index (χ0v) is 10.1. The first-order valence-electron chi connectivity index (χ1n) is 5.51. The fourth-order valence-corrected chi connectivity index (χ4v) is 2.58. The van der Waals surface area contributed by atoms with E-state index in [1.165, 1.54) is 9.88 Å². The molecule has 1 aliphatic carbocycles. The van der Waals surface area contributed by atoms with Gasteiger partial charge in [-0.05, 0) is 19.3 Å². The van der Waals surface area contributed by atoms with Crippen LogP contribution in [0.25, 0.3) is 0 Å². The van der Waals surface area contributed by atoms with Gasteiger partial charge < -0.3 is 10.1 Å². The van der Waals surface area contributed by atoms with Gasteiger partial charge in [0, 0.05) is 30.8 Å². The van der Waals surface area contributed by atoms with Crippen molar-refractivity contribution in [1.82, 2.24) is 10.3 Å². The molecule has 2 rings (SSSR count). The van der Waals surface area contributed by atoms with Gasteiger partial charge in [0.1, 0.15) is 0 Å². The van der Waals surface area contributed by atoms with Gasteiger partial charge >= 0.3 is 0 Å². The molecule has 1 heterocycles. The van der Waals surface area contributed by atoms with Crippen LogP contribution in [-0.4, -0.2) is 24.2 Å². The predicted octanol–water partition coefficient (Wildman–Crippen LogP) is 1.97. The maximum atomic E-state index is 5.24. The Morgan fingerprint density at radius 1 is 1.60 bits per heavy atom. The van der Waals surface area contributed by atoms with E-state index in [-0.39, 0.29) is 0 Å². The van der Waals surface area contributed by atoms with Gasteiger partial charge in [-0.1, -0.05) is 6.92 Å². The monoisotopic (exact) mass is 226 g/mol. The number of aryl methyl sites for hydroxylation is 1. The summed E-state index contributed by atoms with van der Waals surface area (Å²) in [5.74, 6) is 0. The number of nitrogens with one attached hydrogen (secondary N) is 1. The molecular formula is C11H18N2OS. The number of hydrogen-bond donors (Lipinski definition) is 1. The minimum absolute atomic E-state index is 0.482. The van der Waals surface area contributed by atoms with Crippen molar-refractivity contribution in [2.75, 3.05) is 7.11 Å². The van der Waals surface area contributed by atoms with Crippen LogP contribution in [0.1, 0.15) is 29.7 Å². The number of thiazole rings is 1. The molecule has 1 aliphatic rings. The van der Waals surface area contributed by atoms with E-state index < -0.39 is 0 Å². The first-order valence-corrected chi connectivity index (χ1v) is 6.33. The van der Waals surface area contributed by atoms with Crippen molar-refractivity contribution in [3.05, 3.63) is 16.1 Å². The maximum Gasteiger partial charge on any atom is 0.0925 e. The van der Waals surface area contributed by atoms with Gasteiger partial charge in [0.25, 0.3) is 0 Å². The predicted molar refractivity (Wildman–Crippen MR) is 62.2 cm³/mol. The zero-order valence-electron chi connectivity index (χ0n) is 9.32. The van der Waals surface area contributed by atoms with Crippen LogP contribution in [0.5, 0.6) is 0 Å². The van der Waals surface area contributed by atoms with Gasteiger partial charge in [0.15, 0.2) is 0 Å². The molecule has 1 N–H and O–H groups in total. The molecule has 15 heavy (non-hydrogen) atoms. The topological polar surface area (TPSA) is 34.2 Å². The molecule has 1 aromatic rings. The minimum Gasteiger partial charge on any atom is -0.381 e. The second kappa shape index (κ2) is 5.05. The molecule has 0 aliphatic heterocycles. The van der Waals surface area contributed by atoms with Crippen molar-refractivity contribution in [2.45, 2.75) is 44.9 Å². The highest BCUT2D eigenvalue weighted by atomic mass is 32.1. The van der Waals surface area contributed by atoms with Crippen LogP contribution in [0.15, 0.2) is 6.20 Å². The molecule has 0 bridgehead atoms. The Kier molecular flexibility index (Phi) is 3.72. The second-order valence-corrected chi connectivity index (χ2v) is 5.18. The fourth-order valence-electron chi connectivity index (χ4n) is 1.76. The van der Waals surface area contributed by atoms with Gasteiger partial charge in [-0.2, -0.15) is 0 Å². The van der Waals surface area contributed by atoms with Crippen LogP contribution in [0.2, 0.25) is 0 Å². The van der Waals surface area contributed by atoms with E-state index in [2.05, 4.69) is 17.2 Å². The van der Waals surface area contributed by atoms with Gasteiger partial charge in [-0.3, -0.25) is 0 Å². The molecule has 0 radical (unpaired) electrons. The molecule has 1 aromatic heterocycles. The van der Waals surface area contributed by atoms with Crippen LogP contribution in [0.3, 0.4) is 0 Å². The standard InChI is InChI=1S/C11H18N2OS/c1-3-11-13-7-10(15-11)6-12-8-4-9(5-8)14-2/h7-9,12H,3-6H2,1-2H3. The number of ether oxygens (including phenoxy) is 1. The van der Waals surface area contributed by atoms with E-state index in [4.69, 9.17) is 4.74 Å². The Morgan fingerprint density at radius 3 is 3.00 bits per heavy atom. The minimum atomic E-state index is 0.482. The van der Waals surface area contributed by atoms with E-state index in [0.29, 0.717) is 12.1 Å². The summed E-state index contributed by atoms with van der Waals surface area (Å²) in [7, 11) is 1.79. The highest BCUT2D eigenvalue weighted by Crippen LogP contribution is 2.23. The SMILES string of the molecule is CCc1ncc(CNC2CC(OC)C2)s1. The van der Waals surface area contributed by atoms with E-state index >= 15 is 0 Å². The van der Waals surface area contributed by atoms with Gasteiger partial charge in [0.05, 0.1) is 11.1 Å². The lowest BCUT2D eigenvalue weighted by Crippen LogP contribution is -2.44. The molecule has 1 saturated carbocycles. The molecule has 0 amide bonds. The van der Waals surface area contributed by atoms with Crippen molar-refractivity contribution < 1.29 is 4.74 Å². The highest BCUT2D eigenvalue weighted by molar-refractivity contribution is 7.11. The molecular weight excluding hydrogens is 208 g/mol. The quantitative estimate of drug-likeness (QED) is 0.833. The summed E-state index contributed by atoms with van der Waals surface area (Å²) in [4.78, 5) is 5.68. The van der Waals surface area contributed by atoms with E-state index in [1.807, 2.05) is 17.5 Å². The molecule has 0 saturated heterocycles. The van der Waals surface area contributed by atoms with Crippen molar-refractivity contribution in [1.29, 1.82) is 0 Å². The summed E-state index contributed by atoms with van der Waals surface area (Å²) >= 11 is 1.81. The van der Waals surface area contributed by atoms with E-state index in [1.54, 1.807) is 7.11 Å². The van der Waals surface area contributed by atoms with Crippen LogP contribution < -0.4 is 5.32 Å². The van der Waals surface area contributed by atoms with Gasteiger partial charge in [-0.25, -0.2) is 4.98 Å². The summed E-state index contributed by atoms with van der Waals surface area (Å²) in [6.07, 6.45) is 5.81. The second-order valence-electron chi connectivity index (χ2n) is 3.98. The van der Waals surface area contributed by atoms with Crippen molar-refractivity contribution in [2.24, 2.45) is 0 Å². The summed E-state index contributed by atoms with van der Waals surface area (Å²) in [5.41, 5.74) is 0. The summed E-state index contributed by atoms with van der Waals surface area (Å²) < 4.78 is 5.24. The molecule has 0 aromatic carbocycles. The fraction of sp³-hybridized carbons (Fsp3) is 0.727. The lowest BCUT2D eigenvalue weighted by Gasteiger charge is -2.34. The van der Waals surface area contributed by atoms with Crippen molar-refractivity contribution >= 4 is 11.3 Å². The third-order valence-electron chi connectivity index (χ3n) is 2.90. The molecule has 84 valence electrons. The van der Waals surface area contributed by atoms with E-state index in [0.717, 1.165) is 25.8 Å². The van der Waals surface area contributed by atoms with Gasteiger partial charge in [-0.15, -0.1) is 11.3 Å². The third-order valence-corrected chi connectivity index (χ3v) is 4.04. The third kappa shape index (κ3) is 2.77. The molecule has 1 fully saturated rings. The molecule has 0 unspecified atom stereocenters. The van der Waals surface area contributed by atoms with Gasteiger partial charge in [0.2, 0.25) is 0 Å². The smallest absolute Gasteiger partial charge is 0.0925 e. The lowest BCUT2D eigenvalue weighted by molar-refractivity contribution is 0.0170. The summed E-state index contributed by atoms with van der Waals surface area (Å²) in [6, 6.07) is 0.641. The molecule has 0 atom stereocenters. The Bertz CT molecular complexity index is 307. The first kappa shape index (κ1) is 11.0. The lowest BCUT2D eigenvalue weighted by atomic mass is 9.89. The Morgan fingerprint density at radius 2 is 2.40 bits per heavy atom. The molecule has 0 spiro atoms. The number of nitrogens with zero attached hydrogens (tertiary/aromatic N) is 1. The normalized spacial score (nSPS) is 25.2. The highest BCUT2D eigenvalue weighted by Gasteiger charge is 2.28. The van der Waals surface area contributed by atoms with Crippen LogP contribution in [-0.2, 0) is 17.7 Å². The summed E-state index contributed by atoms with van der Waals surface area (Å²) in [6.45, 7) is 3.10. The Hall–Kier alpha value is -0.450. The number of aromatic nitrogens is 1. The Labute approximate surface area is 94.9 Å². The summed E-state index contributed by atoms with van der Waals surface area (Å²) in [5, 5.41) is 4.76. The van der Waals surface area contributed by atoms with Crippen LogP contribution in [0, 0.1) is 0 Å². The van der Waals surface area contributed by atoms with E-state index in [9.17, 15) is 0 Å². The Balaban J connectivity index is 1.70. The first-order chi connectivity index (χ1) is 7.31. The molecule has 3 nitrogen and oxygen atoms in total. The van der Waals surface area contributed by atoms with Crippen LogP contribution >= 0.6 is 11.3 Å². The number of hydrogen-bond acceptors (Lipinski definition) is 4.